The third-order valence-corrected chi connectivity index (χ3v) is 2.88. The molecule has 0 radical (unpaired) electrons. The van der Waals surface area contributed by atoms with E-state index in [-0.39, 0.29) is 19.6 Å². The number of carbonyl (C=O) groups excluding carboxylic acids is 3. The topological polar surface area (TPSA) is 90.9 Å². The van der Waals surface area contributed by atoms with Crippen molar-refractivity contribution < 1.29 is 28.6 Å². The van der Waals surface area contributed by atoms with Crippen molar-refractivity contribution in [2.45, 2.75) is 52.4 Å². The number of hydrogen-bond acceptors (Lipinski definition) is 6. The van der Waals surface area contributed by atoms with E-state index in [9.17, 15) is 14.4 Å². The maximum atomic E-state index is 12.3. The molecule has 7 heteroatoms. The van der Waals surface area contributed by atoms with Crippen LogP contribution in [0.25, 0.3) is 0 Å². The van der Waals surface area contributed by atoms with Gasteiger partial charge in [-0.05, 0) is 33.3 Å². The Bertz CT molecular complexity index is 579. The second-order valence-electron chi connectivity index (χ2n) is 6.30. The summed E-state index contributed by atoms with van der Waals surface area (Å²) in [5, 5.41) is 2.36. The van der Waals surface area contributed by atoms with Gasteiger partial charge in [-0.2, -0.15) is 0 Å². The van der Waals surface area contributed by atoms with E-state index in [4.69, 9.17) is 14.2 Å². The van der Waals surface area contributed by atoms with Crippen LogP contribution >= 0.6 is 0 Å². The van der Waals surface area contributed by atoms with Gasteiger partial charge in [0.2, 0.25) is 0 Å². The highest BCUT2D eigenvalue weighted by molar-refractivity contribution is 5.86. The normalized spacial score (nSPS) is 12.0. The predicted molar refractivity (Wildman–Crippen MR) is 90.6 cm³/mol. The van der Waals surface area contributed by atoms with Gasteiger partial charge < -0.3 is 19.5 Å². The minimum Gasteiger partial charge on any atom is -0.466 e. The number of alkyl carbamates (subject to hydrolysis) is 1. The molecule has 1 aromatic rings. The Morgan fingerprint density at radius 1 is 1.08 bits per heavy atom. The molecule has 1 amide bonds. The molecular weight excluding hydrogens is 326 g/mol. The Balaban J connectivity index is 2.69. The number of rotatable bonds is 7. The zero-order valence-corrected chi connectivity index (χ0v) is 15.0. The molecule has 0 aliphatic carbocycles. The van der Waals surface area contributed by atoms with E-state index in [0.717, 1.165) is 5.56 Å². The summed E-state index contributed by atoms with van der Waals surface area (Å²) < 4.78 is 15.1. The Morgan fingerprint density at radius 3 is 2.28 bits per heavy atom. The number of ether oxygens (including phenoxy) is 3. The van der Waals surface area contributed by atoms with Crippen LogP contribution in [0.4, 0.5) is 4.79 Å². The average Bonchev–Trinajstić information content (AvgIpc) is 2.51. The lowest BCUT2D eigenvalue weighted by atomic mass is 10.2. The molecule has 0 saturated carbocycles. The van der Waals surface area contributed by atoms with Gasteiger partial charge in [-0.25, -0.2) is 9.59 Å². The van der Waals surface area contributed by atoms with E-state index in [0.29, 0.717) is 0 Å². The summed E-state index contributed by atoms with van der Waals surface area (Å²) in [6.07, 6.45) is -1.14. The smallest absolute Gasteiger partial charge is 0.408 e. The molecule has 1 atom stereocenters. The maximum Gasteiger partial charge on any atom is 0.408 e. The number of nitrogens with one attached hydrogen (secondary N) is 1. The van der Waals surface area contributed by atoms with E-state index in [1.807, 2.05) is 18.2 Å². The van der Waals surface area contributed by atoms with Gasteiger partial charge in [-0.1, -0.05) is 30.3 Å². The van der Waals surface area contributed by atoms with Crippen molar-refractivity contribution in [2.75, 3.05) is 6.61 Å². The predicted octanol–water partition coefficient (Wildman–Crippen LogP) is 2.58. The van der Waals surface area contributed by atoms with Crippen molar-refractivity contribution in [3.63, 3.8) is 0 Å². The monoisotopic (exact) mass is 351 g/mol. The number of carbonyl (C=O) groups is 3. The van der Waals surface area contributed by atoms with Crippen molar-refractivity contribution >= 4 is 18.0 Å². The molecule has 0 heterocycles. The Morgan fingerprint density at radius 2 is 1.72 bits per heavy atom. The molecule has 0 fully saturated rings. The SMILES string of the molecule is CCOC(=O)CC(NC(=O)OC(C)(C)C)C(=O)OCc1ccccc1. The minimum atomic E-state index is -1.18. The van der Waals surface area contributed by atoms with Crippen molar-refractivity contribution in [3.8, 4) is 0 Å². The van der Waals surface area contributed by atoms with Gasteiger partial charge in [-0.3, -0.25) is 4.79 Å². The molecule has 0 bridgehead atoms. The average molecular weight is 351 g/mol. The molecule has 0 aliphatic rings. The molecule has 25 heavy (non-hydrogen) atoms. The van der Waals surface area contributed by atoms with Crippen LogP contribution in [-0.2, 0) is 30.4 Å². The van der Waals surface area contributed by atoms with Gasteiger partial charge in [0.25, 0.3) is 0 Å². The summed E-state index contributed by atoms with van der Waals surface area (Å²) in [7, 11) is 0. The van der Waals surface area contributed by atoms with Crippen LogP contribution in [-0.4, -0.2) is 36.3 Å². The summed E-state index contributed by atoms with van der Waals surface area (Å²) >= 11 is 0. The Kier molecular flexibility index (Phi) is 7.91. The maximum absolute atomic E-state index is 12.3. The largest absolute Gasteiger partial charge is 0.466 e. The molecule has 1 aromatic carbocycles. The first-order chi connectivity index (χ1) is 11.7. The number of benzene rings is 1. The van der Waals surface area contributed by atoms with Crippen molar-refractivity contribution in [3.05, 3.63) is 35.9 Å². The van der Waals surface area contributed by atoms with E-state index < -0.39 is 29.7 Å². The van der Waals surface area contributed by atoms with Crippen LogP contribution < -0.4 is 5.32 Å². The van der Waals surface area contributed by atoms with Crippen LogP contribution in [0.5, 0.6) is 0 Å². The van der Waals surface area contributed by atoms with Gasteiger partial charge in [0.05, 0.1) is 13.0 Å². The molecule has 1 unspecified atom stereocenters. The number of esters is 2. The van der Waals surface area contributed by atoms with E-state index in [2.05, 4.69) is 5.32 Å². The highest BCUT2D eigenvalue weighted by Gasteiger charge is 2.28. The Hall–Kier alpha value is -2.57. The second kappa shape index (κ2) is 9.66. The van der Waals surface area contributed by atoms with Crippen molar-refractivity contribution in [1.82, 2.24) is 5.32 Å². The first-order valence-corrected chi connectivity index (χ1v) is 8.07. The van der Waals surface area contributed by atoms with Crippen LogP contribution in [0, 0.1) is 0 Å². The van der Waals surface area contributed by atoms with Crippen molar-refractivity contribution in [1.29, 1.82) is 0 Å². The standard InChI is InChI=1S/C18H25NO6/c1-5-23-15(20)11-14(19-17(22)25-18(2,3)4)16(21)24-12-13-9-7-6-8-10-13/h6-10,14H,5,11-12H2,1-4H3,(H,19,22). The zero-order chi connectivity index (χ0) is 18.9. The molecule has 7 nitrogen and oxygen atoms in total. The second-order valence-corrected chi connectivity index (χ2v) is 6.30. The number of hydrogen-bond donors (Lipinski definition) is 1. The quantitative estimate of drug-likeness (QED) is 0.600. The molecular formula is C18H25NO6. The molecule has 0 saturated heterocycles. The fourth-order valence-corrected chi connectivity index (χ4v) is 1.86. The summed E-state index contributed by atoms with van der Waals surface area (Å²) in [5.74, 6) is -1.34. The molecule has 0 aliphatic heterocycles. The van der Waals surface area contributed by atoms with Gasteiger partial charge >= 0.3 is 18.0 Å². The third-order valence-electron chi connectivity index (χ3n) is 2.88. The van der Waals surface area contributed by atoms with Gasteiger partial charge in [0, 0.05) is 0 Å². The number of amides is 1. The van der Waals surface area contributed by atoms with E-state index in [1.165, 1.54) is 0 Å². The molecule has 1 rings (SSSR count). The van der Waals surface area contributed by atoms with Crippen LogP contribution in [0.2, 0.25) is 0 Å². The fourth-order valence-electron chi connectivity index (χ4n) is 1.86. The van der Waals surface area contributed by atoms with Crippen molar-refractivity contribution in [2.24, 2.45) is 0 Å². The highest BCUT2D eigenvalue weighted by Crippen LogP contribution is 2.09. The lowest BCUT2D eigenvalue weighted by molar-refractivity contribution is -0.153. The molecule has 0 aromatic heterocycles. The molecule has 1 N–H and O–H groups in total. The Labute approximate surface area is 147 Å². The third kappa shape index (κ3) is 8.74. The summed E-state index contributed by atoms with van der Waals surface area (Å²) in [6, 6.07) is 7.90. The van der Waals surface area contributed by atoms with E-state index in [1.54, 1.807) is 39.8 Å². The van der Waals surface area contributed by atoms with Gasteiger partial charge in [0.15, 0.2) is 0 Å². The van der Waals surface area contributed by atoms with Gasteiger partial charge in [0.1, 0.15) is 18.2 Å². The summed E-state index contributed by atoms with van der Waals surface area (Å²) in [5.41, 5.74) is 0.0648. The van der Waals surface area contributed by atoms with Crippen LogP contribution in [0.3, 0.4) is 0 Å². The first-order valence-electron chi connectivity index (χ1n) is 8.07. The van der Waals surface area contributed by atoms with E-state index >= 15 is 0 Å². The lowest BCUT2D eigenvalue weighted by Crippen LogP contribution is -2.45. The molecule has 138 valence electrons. The van der Waals surface area contributed by atoms with Crippen LogP contribution in [0.1, 0.15) is 39.7 Å². The fraction of sp³-hybridized carbons (Fsp3) is 0.500. The van der Waals surface area contributed by atoms with Crippen LogP contribution in [0.15, 0.2) is 30.3 Å². The summed E-state index contributed by atoms with van der Waals surface area (Å²) in [6.45, 7) is 6.95. The van der Waals surface area contributed by atoms with Gasteiger partial charge in [-0.15, -0.1) is 0 Å². The summed E-state index contributed by atoms with van der Waals surface area (Å²) in [4.78, 5) is 35.8. The lowest BCUT2D eigenvalue weighted by Gasteiger charge is -2.22. The first kappa shape index (κ1) is 20.5. The molecule has 0 spiro atoms. The zero-order valence-electron chi connectivity index (χ0n) is 15.0. The highest BCUT2D eigenvalue weighted by atomic mass is 16.6. The minimum absolute atomic E-state index is 0.0367.